The van der Waals surface area contributed by atoms with Gasteiger partial charge < -0.3 is 4.90 Å². The number of anilines is 1. The molecule has 1 aliphatic heterocycles. The molecule has 0 amide bonds. The van der Waals surface area contributed by atoms with Crippen molar-refractivity contribution in [1.82, 2.24) is 0 Å². The highest BCUT2D eigenvalue weighted by molar-refractivity contribution is 6.10. The molecule has 0 bridgehead atoms. The van der Waals surface area contributed by atoms with E-state index in [-0.39, 0.29) is 5.41 Å². The molecule has 1 heterocycles. The summed E-state index contributed by atoms with van der Waals surface area (Å²) in [5.41, 5.74) is 13.1. The van der Waals surface area contributed by atoms with Gasteiger partial charge in [-0.25, -0.2) is 0 Å². The van der Waals surface area contributed by atoms with Crippen LogP contribution in [0.15, 0.2) is 83.1 Å². The zero-order chi connectivity index (χ0) is 22.0. The molecule has 2 aromatic rings. The van der Waals surface area contributed by atoms with E-state index in [9.17, 15) is 4.79 Å². The smallest absolute Gasteiger partial charge is 0.146 e. The second-order valence-corrected chi connectivity index (χ2v) is 10.1. The number of carbonyl (C=O) groups is 1. The van der Waals surface area contributed by atoms with E-state index in [0.717, 1.165) is 31.1 Å². The first-order valence-corrected chi connectivity index (χ1v) is 11.8. The Balaban J connectivity index is 1.51. The molecule has 160 valence electrons. The molecule has 32 heavy (non-hydrogen) atoms. The molecule has 0 N–H and O–H groups in total. The van der Waals surface area contributed by atoms with E-state index >= 15 is 0 Å². The SMILES string of the molecule is CN1/C(=C/C=C2\CCC3CCC(C=O)=C4C3=C2c2ccccc24)C(C)(C)c2ccccc21. The van der Waals surface area contributed by atoms with Crippen LogP contribution in [-0.2, 0) is 10.2 Å². The highest BCUT2D eigenvalue weighted by Gasteiger charge is 2.40. The highest BCUT2D eigenvalue weighted by atomic mass is 16.1. The molecule has 1 unspecified atom stereocenters. The largest absolute Gasteiger partial charge is 0.347 e. The van der Waals surface area contributed by atoms with E-state index in [2.05, 4.69) is 86.5 Å². The van der Waals surface area contributed by atoms with Crippen molar-refractivity contribution in [1.29, 1.82) is 0 Å². The first kappa shape index (κ1) is 19.5. The predicted molar refractivity (Wildman–Crippen MR) is 132 cm³/mol. The van der Waals surface area contributed by atoms with Gasteiger partial charge in [0.25, 0.3) is 0 Å². The van der Waals surface area contributed by atoms with Crippen molar-refractivity contribution in [3.8, 4) is 0 Å². The highest BCUT2D eigenvalue weighted by Crippen LogP contribution is 2.57. The maximum atomic E-state index is 11.9. The molecule has 0 saturated heterocycles. The Morgan fingerprint density at radius 2 is 1.59 bits per heavy atom. The molecule has 4 aliphatic rings. The molecule has 0 radical (unpaired) electrons. The molecule has 0 aromatic heterocycles. The van der Waals surface area contributed by atoms with Gasteiger partial charge >= 0.3 is 0 Å². The maximum Gasteiger partial charge on any atom is 0.146 e. The molecule has 2 aromatic carbocycles. The first-order valence-electron chi connectivity index (χ1n) is 11.8. The predicted octanol–water partition coefficient (Wildman–Crippen LogP) is 6.85. The number of carbonyl (C=O) groups excluding carboxylic acids is 1. The Hall–Kier alpha value is -3.13. The number of hydrogen-bond acceptors (Lipinski definition) is 2. The van der Waals surface area contributed by atoms with Gasteiger partial charge in [0.15, 0.2) is 0 Å². The Morgan fingerprint density at radius 3 is 2.34 bits per heavy atom. The Morgan fingerprint density at radius 1 is 0.906 bits per heavy atom. The summed E-state index contributed by atoms with van der Waals surface area (Å²) < 4.78 is 0. The lowest BCUT2D eigenvalue weighted by Gasteiger charge is -2.32. The van der Waals surface area contributed by atoms with Crippen molar-refractivity contribution in [2.45, 2.75) is 44.9 Å². The number of hydrogen-bond donors (Lipinski definition) is 0. The summed E-state index contributed by atoms with van der Waals surface area (Å²) in [6, 6.07) is 17.4. The summed E-state index contributed by atoms with van der Waals surface area (Å²) >= 11 is 0. The number of nitrogens with zero attached hydrogens (tertiary/aromatic N) is 1. The monoisotopic (exact) mass is 419 g/mol. The summed E-state index contributed by atoms with van der Waals surface area (Å²) in [5, 5.41) is 0. The summed E-state index contributed by atoms with van der Waals surface area (Å²) in [6.07, 6.45) is 10.1. The fourth-order valence-corrected chi connectivity index (χ4v) is 6.54. The minimum atomic E-state index is -0.0222. The number of benzene rings is 2. The van der Waals surface area contributed by atoms with Crippen LogP contribution in [0.4, 0.5) is 5.69 Å². The average Bonchev–Trinajstić information content (AvgIpc) is 3.26. The van der Waals surface area contributed by atoms with Gasteiger partial charge in [-0.3, -0.25) is 4.79 Å². The van der Waals surface area contributed by atoms with Gasteiger partial charge in [0.05, 0.1) is 0 Å². The molecule has 0 saturated carbocycles. The van der Waals surface area contributed by atoms with Gasteiger partial charge in [-0.2, -0.15) is 0 Å². The molecule has 0 fully saturated rings. The van der Waals surface area contributed by atoms with Crippen LogP contribution in [0.2, 0.25) is 0 Å². The fraction of sp³-hybridized carbons (Fsp3) is 0.300. The molecule has 2 nitrogen and oxygen atoms in total. The van der Waals surface area contributed by atoms with Crippen LogP contribution in [0.1, 0.15) is 56.2 Å². The van der Waals surface area contributed by atoms with Crippen LogP contribution in [0.5, 0.6) is 0 Å². The quantitative estimate of drug-likeness (QED) is 0.496. The summed E-state index contributed by atoms with van der Waals surface area (Å²) in [5.74, 6) is 0.579. The van der Waals surface area contributed by atoms with Crippen LogP contribution >= 0.6 is 0 Å². The summed E-state index contributed by atoms with van der Waals surface area (Å²) in [7, 11) is 2.18. The van der Waals surface area contributed by atoms with Crippen molar-refractivity contribution in [3.05, 3.63) is 99.8 Å². The third-order valence-corrected chi connectivity index (χ3v) is 8.10. The first-order chi connectivity index (χ1) is 15.5. The molecule has 3 aliphatic carbocycles. The van der Waals surface area contributed by atoms with Crippen molar-refractivity contribution in [2.24, 2.45) is 5.92 Å². The van der Waals surface area contributed by atoms with Crippen molar-refractivity contribution < 1.29 is 4.79 Å². The topological polar surface area (TPSA) is 20.3 Å². The second kappa shape index (κ2) is 6.93. The molecule has 1 atom stereocenters. The van der Waals surface area contributed by atoms with Crippen LogP contribution in [0.25, 0.3) is 11.1 Å². The minimum absolute atomic E-state index is 0.0222. The van der Waals surface area contributed by atoms with Crippen molar-refractivity contribution >= 4 is 23.1 Å². The lowest BCUT2D eigenvalue weighted by molar-refractivity contribution is -0.105. The Kier molecular flexibility index (Phi) is 4.24. The van der Waals surface area contributed by atoms with Crippen molar-refractivity contribution in [3.63, 3.8) is 0 Å². The molecule has 2 heteroatoms. The van der Waals surface area contributed by atoms with Crippen LogP contribution < -0.4 is 4.90 Å². The second-order valence-electron chi connectivity index (χ2n) is 10.1. The average molecular weight is 420 g/mol. The Bertz CT molecular complexity index is 1280. The number of rotatable bonds is 2. The van der Waals surface area contributed by atoms with Gasteiger partial charge in [0.2, 0.25) is 0 Å². The number of aldehydes is 1. The van der Waals surface area contributed by atoms with Gasteiger partial charge in [0, 0.05) is 29.4 Å². The van der Waals surface area contributed by atoms with E-state index < -0.39 is 0 Å². The third kappa shape index (κ3) is 2.56. The summed E-state index contributed by atoms with van der Waals surface area (Å²) in [6.45, 7) is 4.64. The lowest BCUT2D eigenvalue weighted by atomic mass is 9.72. The number of allylic oxidation sites excluding steroid dienone is 8. The maximum absolute atomic E-state index is 11.9. The Labute approximate surface area is 190 Å². The third-order valence-electron chi connectivity index (χ3n) is 8.10. The molecular weight excluding hydrogens is 390 g/mol. The van der Waals surface area contributed by atoms with Crippen LogP contribution in [0.3, 0.4) is 0 Å². The number of fused-ring (bicyclic) bond motifs is 4. The number of para-hydroxylation sites is 1. The van der Waals surface area contributed by atoms with Crippen LogP contribution in [0, 0.1) is 5.92 Å². The fourth-order valence-electron chi connectivity index (χ4n) is 6.54. The van der Waals surface area contributed by atoms with Gasteiger partial charge in [-0.05, 0) is 82.7 Å². The lowest BCUT2D eigenvalue weighted by Crippen LogP contribution is -2.22. The van der Waals surface area contributed by atoms with Gasteiger partial charge in [-0.15, -0.1) is 0 Å². The van der Waals surface area contributed by atoms with E-state index in [1.807, 2.05) is 0 Å². The van der Waals surface area contributed by atoms with E-state index in [1.54, 1.807) is 0 Å². The van der Waals surface area contributed by atoms with Gasteiger partial charge in [-0.1, -0.05) is 62.4 Å². The minimum Gasteiger partial charge on any atom is -0.347 e. The number of likely N-dealkylation sites (N-methyl/N-ethyl adjacent to an activating group) is 1. The zero-order valence-electron chi connectivity index (χ0n) is 19.1. The molecule has 0 spiro atoms. The van der Waals surface area contributed by atoms with E-state index in [0.29, 0.717) is 5.92 Å². The summed E-state index contributed by atoms with van der Waals surface area (Å²) in [4.78, 5) is 14.3. The zero-order valence-corrected chi connectivity index (χ0v) is 19.1. The molecule has 6 rings (SSSR count). The van der Waals surface area contributed by atoms with Crippen LogP contribution in [-0.4, -0.2) is 13.3 Å². The van der Waals surface area contributed by atoms with E-state index in [1.165, 1.54) is 56.8 Å². The van der Waals surface area contributed by atoms with Crippen molar-refractivity contribution in [2.75, 3.05) is 11.9 Å². The standard InChI is InChI=1S/C30H29NO/c1-30(2)24-10-6-7-11-25(24)31(3)26(30)17-16-19-12-13-20-14-15-21(18-32)28-23-9-5-4-8-22(23)27(19)29(20)28/h4-11,16-18,20H,12-15H2,1-3H3/b19-16+,26-17+. The molecular formula is C30H29NO. The van der Waals surface area contributed by atoms with E-state index in [4.69, 9.17) is 0 Å². The normalized spacial score (nSPS) is 25.3. The van der Waals surface area contributed by atoms with Gasteiger partial charge in [0.1, 0.15) is 6.29 Å².